The Bertz CT molecular complexity index is 214. The number of nitrogens with one attached hydrogen (secondary N) is 1. The van der Waals surface area contributed by atoms with E-state index in [1.165, 1.54) is 6.92 Å². The van der Waals surface area contributed by atoms with Crippen LogP contribution in [0.15, 0.2) is 0 Å². The van der Waals surface area contributed by atoms with Gasteiger partial charge in [-0.05, 0) is 0 Å². The van der Waals surface area contributed by atoms with E-state index in [1.807, 2.05) is 6.92 Å². The number of carbonyl (C=O) groups excluding carboxylic acids is 2. The zero-order valence-electron chi connectivity index (χ0n) is 8.99. The van der Waals surface area contributed by atoms with Gasteiger partial charge in [-0.2, -0.15) is 0 Å². The van der Waals surface area contributed by atoms with Crippen LogP contribution in [0, 0.1) is 0 Å². The summed E-state index contributed by atoms with van der Waals surface area (Å²) in [4.78, 5) is 22.2. The molecule has 0 fully saturated rings. The van der Waals surface area contributed by atoms with Crippen molar-refractivity contribution in [3.63, 3.8) is 0 Å². The fraction of sp³-hybridized carbons (Fsp3) is 0.778. The predicted octanol–water partition coefficient (Wildman–Crippen LogP) is 0.383. The van der Waals surface area contributed by atoms with E-state index >= 15 is 0 Å². The summed E-state index contributed by atoms with van der Waals surface area (Å²) in [6.07, 6.45) is 1.85. The number of hydrogen-bond acceptors (Lipinski definition) is 5. The monoisotopic (exact) mass is 299 g/mol. The third kappa shape index (κ3) is 7.85. The number of rotatable bonds is 8. The molecule has 0 heterocycles. The molecule has 0 saturated heterocycles. The topological polar surface area (TPSA) is 55.4 Å². The molecule has 4 nitrogen and oxygen atoms in total. The van der Waals surface area contributed by atoms with Gasteiger partial charge in [-0.3, -0.25) is 0 Å². The van der Waals surface area contributed by atoms with Crippen molar-refractivity contribution in [1.29, 1.82) is 0 Å². The fourth-order valence-electron chi connectivity index (χ4n) is 0.732. The van der Waals surface area contributed by atoms with Crippen LogP contribution in [0.25, 0.3) is 0 Å². The van der Waals surface area contributed by atoms with Crippen molar-refractivity contribution >= 4 is 38.5 Å². The molecule has 0 aliphatic heterocycles. The standard InChI is InChI=1S/C9H17NO3SSe/c1-3-4-5-13-9(12)8(6-14)10-15-7(2)11/h8,10,14H,3-6H2,1-2H3/t8-/m0/s1. The van der Waals surface area contributed by atoms with Crippen LogP contribution in [0.4, 0.5) is 0 Å². The number of carbonyl (C=O) groups is 2. The summed E-state index contributed by atoms with van der Waals surface area (Å²) in [6, 6.07) is -0.464. The Morgan fingerprint density at radius 3 is 2.67 bits per heavy atom. The molecule has 0 aromatic heterocycles. The molecule has 0 saturated carbocycles. The number of esters is 1. The van der Waals surface area contributed by atoms with Crippen molar-refractivity contribution in [3.8, 4) is 0 Å². The van der Waals surface area contributed by atoms with Gasteiger partial charge < -0.3 is 0 Å². The molecule has 0 bridgehead atoms. The van der Waals surface area contributed by atoms with Gasteiger partial charge in [0.1, 0.15) is 0 Å². The van der Waals surface area contributed by atoms with E-state index in [2.05, 4.69) is 17.0 Å². The zero-order valence-corrected chi connectivity index (χ0v) is 11.6. The van der Waals surface area contributed by atoms with Crippen molar-refractivity contribution in [2.24, 2.45) is 0 Å². The van der Waals surface area contributed by atoms with Gasteiger partial charge in [0.2, 0.25) is 0 Å². The van der Waals surface area contributed by atoms with E-state index in [9.17, 15) is 9.59 Å². The van der Waals surface area contributed by atoms with Gasteiger partial charge in [0.05, 0.1) is 0 Å². The maximum atomic E-state index is 11.4. The maximum absolute atomic E-state index is 11.4. The number of thiol groups is 1. The second-order valence-electron chi connectivity index (χ2n) is 2.97. The van der Waals surface area contributed by atoms with E-state index in [0.29, 0.717) is 12.4 Å². The average molecular weight is 298 g/mol. The molecule has 6 heteroatoms. The number of ether oxygens (including phenoxy) is 1. The molecule has 1 N–H and O–H groups in total. The van der Waals surface area contributed by atoms with Gasteiger partial charge in [-0.1, -0.05) is 0 Å². The Balaban J connectivity index is 3.82. The van der Waals surface area contributed by atoms with Gasteiger partial charge in [0.15, 0.2) is 0 Å². The molecule has 0 aliphatic carbocycles. The summed E-state index contributed by atoms with van der Waals surface area (Å²) in [5.41, 5.74) is 0. The van der Waals surface area contributed by atoms with Crippen LogP contribution in [-0.2, 0) is 14.3 Å². The van der Waals surface area contributed by atoms with E-state index < -0.39 is 6.04 Å². The van der Waals surface area contributed by atoms with E-state index in [1.54, 1.807) is 0 Å². The van der Waals surface area contributed by atoms with Crippen molar-refractivity contribution in [3.05, 3.63) is 0 Å². The molecule has 0 amide bonds. The quantitative estimate of drug-likeness (QED) is 0.294. The van der Waals surface area contributed by atoms with E-state index in [0.717, 1.165) is 12.8 Å². The minimum absolute atomic E-state index is 0.0515. The van der Waals surface area contributed by atoms with Crippen LogP contribution in [0.2, 0.25) is 0 Å². The van der Waals surface area contributed by atoms with Crippen LogP contribution in [0.5, 0.6) is 0 Å². The first-order chi connectivity index (χ1) is 7.11. The second kappa shape index (κ2) is 9.21. The summed E-state index contributed by atoms with van der Waals surface area (Å²) in [7, 11) is 0. The first-order valence-corrected chi connectivity index (χ1v) is 7.16. The number of hydrogen-bond donors (Lipinski definition) is 2. The Morgan fingerprint density at radius 2 is 2.20 bits per heavy atom. The molecular weight excluding hydrogens is 281 g/mol. The Kier molecular flexibility index (Phi) is 9.20. The van der Waals surface area contributed by atoms with Crippen LogP contribution in [0.3, 0.4) is 0 Å². The minimum atomic E-state index is -0.464. The van der Waals surface area contributed by atoms with Gasteiger partial charge in [-0.25, -0.2) is 0 Å². The van der Waals surface area contributed by atoms with Crippen LogP contribution < -0.4 is 4.33 Å². The SMILES string of the molecule is CCCCOC(=O)[C@H](CS)N[Se]C(C)=O. The molecule has 15 heavy (non-hydrogen) atoms. The van der Waals surface area contributed by atoms with Gasteiger partial charge in [0, 0.05) is 0 Å². The van der Waals surface area contributed by atoms with Gasteiger partial charge >= 0.3 is 102 Å². The summed E-state index contributed by atoms with van der Waals surface area (Å²) in [5.74, 6) is 0.0292. The summed E-state index contributed by atoms with van der Waals surface area (Å²) in [6.45, 7) is 3.96. The molecule has 0 radical (unpaired) electrons. The molecule has 0 aromatic rings. The van der Waals surface area contributed by atoms with Gasteiger partial charge in [-0.15, -0.1) is 0 Å². The average Bonchev–Trinajstić information content (AvgIpc) is 2.18. The zero-order chi connectivity index (χ0) is 11.7. The molecule has 88 valence electrons. The van der Waals surface area contributed by atoms with Crippen LogP contribution >= 0.6 is 12.6 Å². The second-order valence-corrected chi connectivity index (χ2v) is 5.46. The predicted molar refractivity (Wildman–Crippen MR) is 63.1 cm³/mol. The fourth-order valence-corrected chi connectivity index (χ4v) is 2.27. The Hall–Kier alpha value is -0.0305. The third-order valence-corrected chi connectivity index (χ3v) is 3.37. The van der Waals surface area contributed by atoms with E-state index in [4.69, 9.17) is 4.74 Å². The molecule has 0 spiro atoms. The summed E-state index contributed by atoms with van der Waals surface area (Å²) in [5, 5.41) is 0. The summed E-state index contributed by atoms with van der Waals surface area (Å²) < 4.78 is 7.93. The molecular formula is C9H17NO3SSe. The first kappa shape index (κ1) is 15.0. The normalized spacial score (nSPS) is 12.2. The first-order valence-electron chi connectivity index (χ1n) is 4.82. The molecule has 0 unspecified atom stereocenters. The van der Waals surface area contributed by atoms with Crippen LogP contribution in [0.1, 0.15) is 26.7 Å². The molecule has 0 rings (SSSR count). The third-order valence-electron chi connectivity index (χ3n) is 1.55. The molecule has 0 aliphatic rings. The van der Waals surface area contributed by atoms with Crippen molar-refractivity contribution in [2.75, 3.05) is 12.4 Å². The summed E-state index contributed by atoms with van der Waals surface area (Å²) >= 11 is 3.67. The number of unbranched alkanes of at least 4 members (excludes halogenated alkanes) is 1. The molecule has 0 aromatic carbocycles. The van der Waals surface area contributed by atoms with Gasteiger partial charge in [0.25, 0.3) is 0 Å². The Morgan fingerprint density at radius 1 is 1.53 bits per heavy atom. The van der Waals surface area contributed by atoms with E-state index in [-0.39, 0.29) is 25.8 Å². The molecule has 1 atom stereocenters. The van der Waals surface area contributed by atoms with Crippen molar-refractivity contribution in [2.45, 2.75) is 32.7 Å². The van der Waals surface area contributed by atoms with Crippen molar-refractivity contribution < 1.29 is 14.3 Å². The van der Waals surface area contributed by atoms with Crippen molar-refractivity contribution in [1.82, 2.24) is 4.33 Å². The van der Waals surface area contributed by atoms with Crippen LogP contribution in [-0.4, -0.2) is 44.2 Å². The Labute approximate surface area is 102 Å².